The van der Waals surface area contributed by atoms with Crippen LogP contribution in [0.15, 0.2) is 17.6 Å². The maximum Gasteiger partial charge on any atom is 0.184 e. The summed E-state index contributed by atoms with van der Waals surface area (Å²) in [6.07, 6.45) is 4.34. The first-order chi connectivity index (χ1) is 10.3. The molecule has 0 saturated carbocycles. The molecule has 2 rings (SSSR count). The number of hydrogen-bond donors (Lipinski definition) is 1. The van der Waals surface area contributed by atoms with Crippen molar-refractivity contribution in [3.8, 4) is 0 Å². The monoisotopic (exact) mass is 341 g/mol. The summed E-state index contributed by atoms with van der Waals surface area (Å²) in [5.41, 5.74) is 1.32. The molecule has 9 heteroatoms. The quantitative estimate of drug-likeness (QED) is 0.347. The zero-order valence-corrected chi connectivity index (χ0v) is 14.9. The molecule has 0 aliphatic carbocycles. The summed E-state index contributed by atoms with van der Waals surface area (Å²) in [5.74, 6) is 0.526. The average molecular weight is 342 g/mol. The Bertz CT molecular complexity index is 663. The number of likely N-dealkylation sites (N-methyl/N-ethyl adjacent to an activating group) is 1. The predicted octanol–water partition coefficient (Wildman–Crippen LogP) is -2.88. The molecule has 1 atom stereocenters. The van der Waals surface area contributed by atoms with Gasteiger partial charge in [-0.05, 0) is 0 Å². The summed E-state index contributed by atoms with van der Waals surface area (Å²) in [5, 5.41) is 10.2. The van der Waals surface area contributed by atoms with Crippen molar-refractivity contribution in [2.24, 2.45) is 4.99 Å². The Hall–Kier alpha value is -1.77. The molecule has 0 spiro atoms. The van der Waals surface area contributed by atoms with Crippen LogP contribution in [0.4, 0.5) is 5.82 Å². The van der Waals surface area contributed by atoms with Gasteiger partial charge in [0.15, 0.2) is 17.0 Å². The fraction of sp³-hybridized carbons (Fsp3) is 0.571. The van der Waals surface area contributed by atoms with Crippen molar-refractivity contribution >= 4 is 23.3 Å². The second kappa shape index (κ2) is 7.67. The SMILES string of the molecule is CN(C)/C=N/c1ncnc2c1ncn2CC(O)C[N+](C)(C)C.[Cl-]. The van der Waals surface area contributed by atoms with Crippen LogP contribution in [-0.4, -0.2) is 88.2 Å². The lowest BCUT2D eigenvalue weighted by molar-refractivity contribution is -0.873. The maximum absolute atomic E-state index is 10.2. The summed E-state index contributed by atoms with van der Waals surface area (Å²) in [6, 6.07) is 0. The van der Waals surface area contributed by atoms with E-state index in [2.05, 4.69) is 19.9 Å². The zero-order valence-electron chi connectivity index (χ0n) is 14.2. The van der Waals surface area contributed by atoms with Crippen molar-refractivity contribution in [1.29, 1.82) is 0 Å². The molecule has 0 saturated heterocycles. The first kappa shape index (κ1) is 19.3. The van der Waals surface area contributed by atoms with E-state index in [1.165, 1.54) is 6.33 Å². The molecule has 0 amide bonds. The van der Waals surface area contributed by atoms with Crippen LogP contribution in [0.2, 0.25) is 0 Å². The Morgan fingerprint density at radius 3 is 2.61 bits per heavy atom. The molecule has 128 valence electrons. The second-order valence-electron chi connectivity index (χ2n) is 6.60. The third-order valence-corrected chi connectivity index (χ3v) is 2.96. The first-order valence-electron chi connectivity index (χ1n) is 7.11. The number of aliphatic hydroxyl groups excluding tert-OH is 1. The van der Waals surface area contributed by atoms with Gasteiger partial charge in [-0.1, -0.05) is 0 Å². The first-order valence-corrected chi connectivity index (χ1v) is 7.11. The molecular weight excluding hydrogens is 318 g/mol. The summed E-state index contributed by atoms with van der Waals surface area (Å²) in [7, 11) is 9.92. The molecule has 2 aromatic rings. The van der Waals surface area contributed by atoms with Crippen LogP contribution in [0.3, 0.4) is 0 Å². The number of fused-ring (bicyclic) bond motifs is 1. The fourth-order valence-electron chi connectivity index (χ4n) is 2.18. The van der Waals surface area contributed by atoms with Gasteiger partial charge in [-0.25, -0.2) is 19.9 Å². The number of aliphatic imine (C=N–C) groups is 1. The smallest absolute Gasteiger partial charge is 0.184 e. The number of imidazole rings is 1. The van der Waals surface area contributed by atoms with Gasteiger partial charge in [-0.3, -0.25) is 0 Å². The molecular formula is C14H24ClN7O. The second-order valence-corrected chi connectivity index (χ2v) is 6.60. The Morgan fingerprint density at radius 2 is 2.00 bits per heavy atom. The number of nitrogens with zero attached hydrogens (tertiary/aromatic N) is 7. The summed E-state index contributed by atoms with van der Waals surface area (Å²) in [4.78, 5) is 18.9. The minimum Gasteiger partial charge on any atom is -1.00 e. The molecule has 0 bridgehead atoms. The van der Waals surface area contributed by atoms with Gasteiger partial charge in [0, 0.05) is 14.1 Å². The van der Waals surface area contributed by atoms with Gasteiger partial charge in [0.2, 0.25) is 0 Å². The normalized spacial score (nSPS) is 13.3. The molecule has 0 fully saturated rings. The number of hydrogen-bond acceptors (Lipinski definition) is 5. The van der Waals surface area contributed by atoms with Crippen molar-refractivity contribution in [3.05, 3.63) is 12.7 Å². The largest absolute Gasteiger partial charge is 1.00 e. The number of quaternary nitrogens is 1. The van der Waals surface area contributed by atoms with Gasteiger partial charge in [0.25, 0.3) is 0 Å². The number of aromatic nitrogens is 4. The Kier molecular flexibility index (Phi) is 6.43. The standard InChI is InChI=1S/C14H24N7O.ClH/c1-19(2)9-18-13-12-14(16-8-15-13)20(10-17-12)6-11(22)7-21(3,4)5;/h8-11,22H,6-7H2,1-5H3;1H/q+1;/p-1/b18-9+;. The van der Waals surface area contributed by atoms with E-state index >= 15 is 0 Å². The Balaban J connectivity index is 0.00000264. The van der Waals surface area contributed by atoms with Gasteiger partial charge in [-0.2, -0.15) is 0 Å². The number of aliphatic hydroxyl groups is 1. The van der Waals surface area contributed by atoms with Crippen LogP contribution in [0, 0.1) is 0 Å². The third kappa shape index (κ3) is 5.42. The highest BCUT2D eigenvalue weighted by atomic mass is 35.5. The molecule has 1 N–H and O–H groups in total. The van der Waals surface area contributed by atoms with Crippen molar-refractivity contribution in [2.75, 3.05) is 41.8 Å². The number of halogens is 1. The Labute approximate surface area is 142 Å². The number of rotatable bonds is 6. The van der Waals surface area contributed by atoms with Crippen molar-refractivity contribution in [1.82, 2.24) is 24.4 Å². The minimum absolute atomic E-state index is 0. The van der Waals surface area contributed by atoms with E-state index in [0.717, 1.165) is 0 Å². The average Bonchev–Trinajstić information content (AvgIpc) is 2.78. The Morgan fingerprint density at radius 1 is 1.30 bits per heavy atom. The molecule has 23 heavy (non-hydrogen) atoms. The molecule has 0 aliphatic rings. The maximum atomic E-state index is 10.2. The molecule has 8 nitrogen and oxygen atoms in total. The van der Waals surface area contributed by atoms with Gasteiger partial charge < -0.3 is 31.5 Å². The van der Waals surface area contributed by atoms with Crippen LogP contribution >= 0.6 is 0 Å². The van der Waals surface area contributed by atoms with Crippen LogP contribution in [0.1, 0.15) is 0 Å². The van der Waals surface area contributed by atoms with Crippen LogP contribution in [0.25, 0.3) is 11.2 Å². The summed E-state index contributed by atoms with van der Waals surface area (Å²) < 4.78 is 2.53. The van der Waals surface area contributed by atoms with Crippen LogP contribution in [0.5, 0.6) is 0 Å². The third-order valence-electron chi connectivity index (χ3n) is 2.96. The highest BCUT2D eigenvalue weighted by Gasteiger charge is 2.18. The van der Waals surface area contributed by atoms with Gasteiger partial charge in [0.1, 0.15) is 19.0 Å². The van der Waals surface area contributed by atoms with E-state index in [1.54, 1.807) is 12.7 Å². The van der Waals surface area contributed by atoms with Crippen molar-refractivity contribution in [3.63, 3.8) is 0 Å². The fourth-order valence-corrected chi connectivity index (χ4v) is 2.18. The van der Waals surface area contributed by atoms with E-state index in [9.17, 15) is 5.11 Å². The lowest BCUT2D eigenvalue weighted by Crippen LogP contribution is -3.00. The lowest BCUT2D eigenvalue weighted by atomic mass is 10.3. The predicted molar refractivity (Wildman–Crippen MR) is 86.1 cm³/mol. The topological polar surface area (TPSA) is 79.4 Å². The van der Waals surface area contributed by atoms with Crippen LogP contribution in [-0.2, 0) is 6.54 Å². The zero-order chi connectivity index (χ0) is 16.3. The molecule has 2 aromatic heterocycles. The van der Waals surface area contributed by atoms with Crippen molar-refractivity contribution < 1.29 is 22.0 Å². The van der Waals surface area contributed by atoms with E-state index in [0.29, 0.717) is 34.6 Å². The van der Waals surface area contributed by atoms with E-state index in [4.69, 9.17) is 0 Å². The van der Waals surface area contributed by atoms with E-state index in [1.807, 2.05) is 44.7 Å². The van der Waals surface area contributed by atoms with E-state index in [-0.39, 0.29) is 12.4 Å². The lowest BCUT2D eigenvalue weighted by Gasteiger charge is -2.26. The highest BCUT2D eigenvalue weighted by molar-refractivity contribution is 5.82. The molecule has 0 aliphatic heterocycles. The highest BCUT2D eigenvalue weighted by Crippen LogP contribution is 2.20. The van der Waals surface area contributed by atoms with Gasteiger partial charge in [0.05, 0.1) is 40.4 Å². The van der Waals surface area contributed by atoms with E-state index < -0.39 is 6.10 Å². The molecule has 0 radical (unpaired) electrons. The summed E-state index contributed by atoms with van der Waals surface area (Å²) >= 11 is 0. The van der Waals surface area contributed by atoms with Crippen LogP contribution < -0.4 is 12.4 Å². The summed E-state index contributed by atoms with van der Waals surface area (Å²) in [6.45, 7) is 1.09. The molecule has 0 aromatic carbocycles. The van der Waals surface area contributed by atoms with Gasteiger partial charge in [-0.15, -0.1) is 0 Å². The molecule has 1 unspecified atom stereocenters. The minimum atomic E-state index is -0.471. The van der Waals surface area contributed by atoms with Gasteiger partial charge >= 0.3 is 0 Å². The van der Waals surface area contributed by atoms with Crippen molar-refractivity contribution in [2.45, 2.75) is 12.6 Å². The molecule has 2 heterocycles.